The van der Waals surface area contributed by atoms with Crippen molar-refractivity contribution < 1.29 is 4.79 Å². The van der Waals surface area contributed by atoms with Gasteiger partial charge in [-0.05, 0) is 43.4 Å². The normalized spacial score (nSPS) is 20.8. The molecule has 1 aliphatic heterocycles. The van der Waals surface area contributed by atoms with E-state index < -0.39 is 5.54 Å². The molecule has 2 aromatic rings. The van der Waals surface area contributed by atoms with E-state index >= 15 is 0 Å². The van der Waals surface area contributed by atoms with E-state index in [0.29, 0.717) is 25.0 Å². The van der Waals surface area contributed by atoms with Gasteiger partial charge in [-0.2, -0.15) is 10.4 Å². The second-order valence-electron chi connectivity index (χ2n) is 7.21. The Morgan fingerprint density at radius 2 is 1.70 bits per heavy atom. The molecule has 5 nitrogen and oxygen atoms in total. The third-order valence-electron chi connectivity index (χ3n) is 5.40. The van der Waals surface area contributed by atoms with Gasteiger partial charge in [0, 0.05) is 6.42 Å². The summed E-state index contributed by atoms with van der Waals surface area (Å²) >= 11 is 0. The molecule has 136 valence electrons. The van der Waals surface area contributed by atoms with E-state index in [2.05, 4.69) is 28.6 Å². The molecule has 0 radical (unpaired) electrons. The van der Waals surface area contributed by atoms with Gasteiger partial charge in [-0.1, -0.05) is 48.5 Å². The summed E-state index contributed by atoms with van der Waals surface area (Å²) in [5, 5.41) is 19.1. The van der Waals surface area contributed by atoms with Gasteiger partial charge in [0.1, 0.15) is 11.3 Å². The molecular formula is C22H22N4O. The van der Waals surface area contributed by atoms with Crippen molar-refractivity contribution in [2.45, 2.75) is 43.7 Å². The van der Waals surface area contributed by atoms with Gasteiger partial charge in [-0.15, -0.1) is 0 Å². The number of benzene rings is 2. The minimum atomic E-state index is -0.734. The average Bonchev–Trinajstić information content (AvgIpc) is 3.37. The molecule has 0 bridgehead atoms. The van der Waals surface area contributed by atoms with Crippen LogP contribution in [0.2, 0.25) is 0 Å². The summed E-state index contributed by atoms with van der Waals surface area (Å²) in [7, 11) is 0. The summed E-state index contributed by atoms with van der Waals surface area (Å²) in [4.78, 5) is 12.9. The van der Waals surface area contributed by atoms with Gasteiger partial charge in [-0.25, -0.2) is 0 Å². The SMILES string of the molecule is N#CC1(NC(=O)C2=NN(c3ccccc3)[C@@H](c3ccccc3)C2)CCCC1. The van der Waals surface area contributed by atoms with E-state index in [-0.39, 0.29) is 11.9 Å². The molecule has 1 heterocycles. The van der Waals surface area contributed by atoms with Gasteiger partial charge in [0.05, 0.1) is 17.8 Å². The van der Waals surface area contributed by atoms with Gasteiger partial charge >= 0.3 is 0 Å². The number of nitrogens with one attached hydrogen (secondary N) is 1. The molecule has 0 spiro atoms. The summed E-state index contributed by atoms with van der Waals surface area (Å²) < 4.78 is 0. The Kier molecular flexibility index (Phi) is 4.64. The van der Waals surface area contributed by atoms with E-state index in [1.807, 2.05) is 53.5 Å². The van der Waals surface area contributed by atoms with Crippen LogP contribution in [0.25, 0.3) is 0 Å². The zero-order valence-electron chi connectivity index (χ0n) is 15.1. The summed E-state index contributed by atoms with van der Waals surface area (Å²) in [5.41, 5.74) is 1.81. The summed E-state index contributed by atoms with van der Waals surface area (Å²) in [5.74, 6) is -0.224. The minimum absolute atomic E-state index is 0.0315. The maximum atomic E-state index is 12.9. The summed E-state index contributed by atoms with van der Waals surface area (Å²) in [6.45, 7) is 0. The van der Waals surface area contributed by atoms with Crippen LogP contribution in [-0.2, 0) is 4.79 Å². The van der Waals surface area contributed by atoms with Gasteiger partial charge in [0.15, 0.2) is 0 Å². The molecule has 1 atom stereocenters. The molecule has 1 aliphatic carbocycles. The number of carbonyl (C=O) groups is 1. The van der Waals surface area contributed by atoms with Crippen molar-refractivity contribution in [3.63, 3.8) is 0 Å². The van der Waals surface area contributed by atoms with Crippen LogP contribution < -0.4 is 10.3 Å². The van der Waals surface area contributed by atoms with Gasteiger partial charge in [-0.3, -0.25) is 9.80 Å². The Morgan fingerprint density at radius 1 is 1.07 bits per heavy atom. The second kappa shape index (κ2) is 7.24. The predicted octanol–water partition coefficient (Wildman–Crippen LogP) is 3.95. The largest absolute Gasteiger partial charge is 0.333 e. The van der Waals surface area contributed by atoms with E-state index in [9.17, 15) is 10.1 Å². The van der Waals surface area contributed by atoms with Crippen LogP contribution in [0.3, 0.4) is 0 Å². The lowest BCUT2D eigenvalue weighted by Crippen LogP contribution is -2.47. The lowest BCUT2D eigenvalue weighted by molar-refractivity contribution is -0.116. The molecule has 1 amide bonds. The molecule has 0 unspecified atom stereocenters. The van der Waals surface area contributed by atoms with Crippen molar-refractivity contribution in [1.29, 1.82) is 5.26 Å². The molecule has 5 heteroatoms. The highest BCUT2D eigenvalue weighted by Crippen LogP contribution is 2.35. The standard InChI is InChI=1S/C22H22N4O/c23-16-22(13-7-8-14-22)24-21(27)19-15-20(17-9-3-1-4-10-17)26(25-19)18-11-5-2-6-12-18/h1-6,9-12,20H,7-8,13-15H2,(H,24,27)/t20-/m1/s1. The quantitative estimate of drug-likeness (QED) is 0.900. The number of amides is 1. The molecule has 2 aliphatic rings. The van der Waals surface area contributed by atoms with Crippen molar-refractivity contribution in [2.24, 2.45) is 5.10 Å². The fourth-order valence-corrected chi connectivity index (χ4v) is 3.93. The third kappa shape index (κ3) is 3.43. The van der Waals surface area contributed by atoms with E-state index in [1.165, 1.54) is 0 Å². The molecule has 1 N–H and O–H groups in total. The lowest BCUT2D eigenvalue weighted by Gasteiger charge is -2.23. The smallest absolute Gasteiger partial charge is 0.268 e. The first-order valence-electron chi connectivity index (χ1n) is 9.41. The van der Waals surface area contributed by atoms with Gasteiger partial charge in [0.2, 0.25) is 0 Å². The third-order valence-corrected chi connectivity index (χ3v) is 5.40. The molecule has 4 rings (SSSR count). The average molecular weight is 358 g/mol. The maximum Gasteiger partial charge on any atom is 0.268 e. The first-order valence-corrected chi connectivity index (χ1v) is 9.41. The second-order valence-corrected chi connectivity index (χ2v) is 7.21. The monoisotopic (exact) mass is 358 g/mol. The highest BCUT2D eigenvalue weighted by molar-refractivity contribution is 6.40. The summed E-state index contributed by atoms with van der Waals surface area (Å²) in [6, 6.07) is 22.3. The first kappa shape index (κ1) is 17.3. The van der Waals surface area contributed by atoms with Crippen LogP contribution >= 0.6 is 0 Å². The Bertz CT molecular complexity index is 880. The van der Waals surface area contributed by atoms with E-state index in [1.54, 1.807) is 0 Å². The highest BCUT2D eigenvalue weighted by Gasteiger charge is 2.39. The number of rotatable bonds is 4. The topological polar surface area (TPSA) is 68.5 Å². The van der Waals surface area contributed by atoms with Crippen molar-refractivity contribution >= 4 is 17.3 Å². The number of hydrogen-bond acceptors (Lipinski definition) is 4. The molecular weight excluding hydrogens is 336 g/mol. The molecule has 0 saturated heterocycles. The maximum absolute atomic E-state index is 12.9. The van der Waals surface area contributed by atoms with E-state index in [0.717, 1.165) is 24.1 Å². The number of carbonyl (C=O) groups excluding carboxylic acids is 1. The molecule has 1 saturated carbocycles. The Hall–Kier alpha value is -3.13. The first-order chi connectivity index (χ1) is 13.2. The van der Waals surface area contributed by atoms with Crippen molar-refractivity contribution in [2.75, 3.05) is 5.01 Å². The fraction of sp³-hybridized carbons (Fsp3) is 0.318. The van der Waals surface area contributed by atoms with Crippen molar-refractivity contribution in [1.82, 2.24) is 5.32 Å². The minimum Gasteiger partial charge on any atom is -0.333 e. The summed E-state index contributed by atoms with van der Waals surface area (Å²) in [6.07, 6.45) is 3.90. The van der Waals surface area contributed by atoms with E-state index in [4.69, 9.17) is 0 Å². The van der Waals surface area contributed by atoms with Crippen LogP contribution in [0.1, 0.15) is 43.7 Å². The Morgan fingerprint density at radius 3 is 2.33 bits per heavy atom. The van der Waals surface area contributed by atoms with Crippen LogP contribution in [0.5, 0.6) is 0 Å². The van der Waals surface area contributed by atoms with Crippen molar-refractivity contribution in [3.05, 3.63) is 66.2 Å². The molecule has 0 aromatic heterocycles. The molecule has 27 heavy (non-hydrogen) atoms. The molecule has 2 aromatic carbocycles. The Labute approximate surface area is 159 Å². The number of hydrogen-bond donors (Lipinski definition) is 1. The number of hydrazone groups is 1. The number of nitrogens with zero attached hydrogens (tertiary/aromatic N) is 3. The number of anilines is 1. The van der Waals surface area contributed by atoms with Crippen LogP contribution in [0.4, 0.5) is 5.69 Å². The van der Waals surface area contributed by atoms with Crippen LogP contribution in [-0.4, -0.2) is 17.2 Å². The van der Waals surface area contributed by atoms with Crippen LogP contribution in [0, 0.1) is 11.3 Å². The highest BCUT2D eigenvalue weighted by atomic mass is 16.2. The van der Waals surface area contributed by atoms with Crippen molar-refractivity contribution in [3.8, 4) is 6.07 Å². The Balaban J connectivity index is 1.62. The zero-order chi connectivity index (χ0) is 18.7. The number of para-hydroxylation sites is 1. The van der Waals surface area contributed by atoms with Gasteiger partial charge < -0.3 is 5.32 Å². The number of nitriles is 1. The predicted molar refractivity (Wildman–Crippen MR) is 105 cm³/mol. The zero-order valence-corrected chi connectivity index (χ0v) is 15.1. The lowest BCUT2D eigenvalue weighted by atomic mass is 9.98. The fourth-order valence-electron chi connectivity index (χ4n) is 3.93. The van der Waals surface area contributed by atoms with Gasteiger partial charge in [0.25, 0.3) is 5.91 Å². The van der Waals surface area contributed by atoms with Crippen LogP contribution in [0.15, 0.2) is 65.8 Å². The molecule has 1 fully saturated rings.